The minimum Gasteiger partial charge on any atom is -0.488 e. The molecule has 0 unspecified atom stereocenters. The molecule has 0 aromatic heterocycles. The Morgan fingerprint density at radius 3 is 2.49 bits per heavy atom. The van der Waals surface area contributed by atoms with Crippen molar-refractivity contribution < 1.29 is 28.6 Å². The molecular weight excluding hydrogens is 479 g/mol. The molecule has 198 valence electrons. The van der Waals surface area contributed by atoms with Crippen LogP contribution in [-0.2, 0) is 9.53 Å². The molecule has 9 nitrogen and oxygen atoms in total. The Bertz CT molecular complexity index is 1200. The summed E-state index contributed by atoms with van der Waals surface area (Å²) in [6.07, 6.45) is 2.61. The molecule has 1 aliphatic rings. The number of carbonyl (C=O) groups excluding carboxylic acids is 2. The van der Waals surface area contributed by atoms with Gasteiger partial charge in [-0.25, -0.2) is 4.39 Å². The van der Waals surface area contributed by atoms with Crippen LogP contribution in [0.4, 0.5) is 10.1 Å². The molecule has 1 saturated heterocycles. The SMILES string of the molecule is COCCOc1cc(N)c(C(=N)C(=O)/C=C(\N)c2ccc(C(=O)N3CCC[C@H]3C(C)(C)O)cc2)cc1F. The highest BCUT2D eigenvalue weighted by atomic mass is 19.1. The van der Waals surface area contributed by atoms with Crippen LogP contribution in [-0.4, -0.2) is 65.9 Å². The number of ether oxygens (including phenoxy) is 2. The van der Waals surface area contributed by atoms with Crippen molar-refractivity contribution in [3.05, 3.63) is 65.0 Å². The van der Waals surface area contributed by atoms with E-state index in [4.69, 9.17) is 26.4 Å². The van der Waals surface area contributed by atoms with Gasteiger partial charge in [-0.1, -0.05) is 12.1 Å². The molecule has 6 N–H and O–H groups in total. The van der Waals surface area contributed by atoms with Gasteiger partial charge in [0.25, 0.3) is 5.91 Å². The minimum atomic E-state index is -1.01. The van der Waals surface area contributed by atoms with Crippen molar-refractivity contribution in [2.45, 2.75) is 38.3 Å². The minimum absolute atomic E-state index is 0.00766. The number of nitrogens with two attached hydrogens (primary N) is 2. The Hall–Kier alpha value is -3.76. The average Bonchev–Trinajstić information content (AvgIpc) is 3.36. The van der Waals surface area contributed by atoms with Crippen LogP contribution in [0.15, 0.2) is 42.5 Å². The number of hydrogen-bond acceptors (Lipinski definition) is 8. The summed E-state index contributed by atoms with van der Waals surface area (Å²) >= 11 is 0. The predicted molar refractivity (Wildman–Crippen MR) is 139 cm³/mol. The van der Waals surface area contributed by atoms with E-state index in [1.807, 2.05) is 0 Å². The highest BCUT2D eigenvalue weighted by molar-refractivity contribution is 6.50. The van der Waals surface area contributed by atoms with E-state index in [1.165, 1.54) is 13.2 Å². The first-order valence-corrected chi connectivity index (χ1v) is 11.9. The normalized spacial score (nSPS) is 16.1. The molecule has 2 aromatic rings. The number of nitrogen functional groups attached to an aromatic ring is 1. The molecule has 1 atom stereocenters. The fourth-order valence-corrected chi connectivity index (χ4v) is 4.28. The molecule has 1 amide bonds. The third-order valence-corrected chi connectivity index (χ3v) is 6.25. The molecule has 2 aromatic carbocycles. The second-order valence-electron chi connectivity index (χ2n) is 9.44. The quantitative estimate of drug-likeness (QED) is 0.165. The molecule has 10 heteroatoms. The van der Waals surface area contributed by atoms with E-state index in [0.29, 0.717) is 17.7 Å². The summed E-state index contributed by atoms with van der Waals surface area (Å²) in [5.41, 5.74) is 11.4. The van der Waals surface area contributed by atoms with Gasteiger partial charge in [0.2, 0.25) is 5.78 Å². The van der Waals surface area contributed by atoms with E-state index in [9.17, 15) is 19.1 Å². The van der Waals surface area contributed by atoms with Crippen molar-refractivity contribution in [2.75, 3.05) is 32.6 Å². The number of anilines is 1. The number of nitrogens with one attached hydrogen (secondary N) is 1. The number of nitrogens with zero attached hydrogens (tertiary/aromatic N) is 1. The lowest BCUT2D eigenvalue weighted by Crippen LogP contribution is -2.48. The Labute approximate surface area is 215 Å². The number of allylic oxidation sites excluding steroid dienone is 1. The Morgan fingerprint density at radius 1 is 1.22 bits per heavy atom. The number of likely N-dealkylation sites (tertiary alicyclic amines) is 1. The van der Waals surface area contributed by atoms with Gasteiger partial charge in [0.1, 0.15) is 12.3 Å². The second kappa shape index (κ2) is 11.5. The molecule has 0 aliphatic carbocycles. The van der Waals surface area contributed by atoms with Crippen LogP contribution >= 0.6 is 0 Å². The maximum absolute atomic E-state index is 14.4. The lowest BCUT2D eigenvalue weighted by atomic mass is 9.96. The summed E-state index contributed by atoms with van der Waals surface area (Å²) in [4.78, 5) is 27.3. The summed E-state index contributed by atoms with van der Waals surface area (Å²) < 4.78 is 24.5. The Kier molecular flexibility index (Phi) is 8.67. The molecular formula is C27H33FN4O5. The van der Waals surface area contributed by atoms with Crippen LogP contribution in [0.25, 0.3) is 5.70 Å². The second-order valence-corrected chi connectivity index (χ2v) is 9.44. The number of amides is 1. The van der Waals surface area contributed by atoms with Gasteiger partial charge in [0, 0.05) is 48.3 Å². The largest absolute Gasteiger partial charge is 0.488 e. The average molecular weight is 513 g/mol. The third kappa shape index (κ3) is 6.52. The number of halogens is 1. The van der Waals surface area contributed by atoms with Crippen molar-refractivity contribution >= 4 is 28.8 Å². The highest BCUT2D eigenvalue weighted by Gasteiger charge is 2.38. The van der Waals surface area contributed by atoms with Crippen molar-refractivity contribution in [3.63, 3.8) is 0 Å². The first-order chi connectivity index (χ1) is 17.4. The summed E-state index contributed by atoms with van der Waals surface area (Å²) in [5.74, 6) is -1.82. The molecule has 1 aliphatic heterocycles. The third-order valence-electron chi connectivity index (χ3n) is 6.25. The number of methoxy groups -OCH3 is 1. The van der Waals surface area contributed by atoms with Crippen molar-refractivity contribution in [1.82, 2.24) is 4.90 Å². The maximum atomic E-state index is 14.4. The van der Waals surface area contributed by atoms with Gasteiger partial charge in [-0.3, -0.25) is 15.0 Å². The van der Waals surface area contributed by atoms with Crippen molar-refractivity contribution in [1.29, 1.82) is 5.41 Å². The van der Waals surface area contributed by atoms with Gasteiger partial charge in [-0.2, -0.15) is 0 Å². The molecule has 0 saturated carbocycles. The first kappa shape index (κ1) is 27.8. The smallest absolute Gasteiger partial charge is 0.254 e. The van der Waals surface area contributed by atoms with Crippen LogP contribution in [0, 0.1) is 11.2 Å². The van der Waals surface area contributed by atoms with Crippen LogP contribution < -0.4 is 16.2 Å². The standard InChI is InChI=1S/C27H33FN4O5/c1-27(2,35)24-5-4-10-32(24)26(34)17-8-6-16(7-9-17)20(29)14-22(33)25(31)18-13-19(28)23(15-21(18)30)37-12-11-36-3/h6-9,13-15,24,31,35H,4-5,10-12,29-30H2,1-3H3/b20-14-,31-25?/t24-/m0/s1. The summed E-state index contributed by atoms with van der Waals surface area (Å²) in [5, 5.41) is 18.6. The zero-order valence-electron chi connectivity index (χ0n) is 21.2. The summed E-state index contributed by atoms with van der Waals surface area (Å²) in [6, 6.07) is 8.33. The number of rotatable bonds is 10. The number of aliphatic hydroxyl groups is 1. The topological polar surface area (TPSA) is 152 Å². The highest BCUT2D eigenvalue weighted by Crippen LogP contribution is 2.29. The molecule has 0 radical (unpaired) electrons. The fourth-order valence-electron chi connectivity index (χ4n) is 4.28. The van der Waals surface area contributed by atoms with Crippen molar-refractivity contribution in [2.24, 2.45) is 5.73 Å². The number of benzene rings is 2. The Morgan fingerprint density at radius 2 is 1.86 bits per heavy atom. The van der Waals surface area contributed by atoms with Gasteiger partial charge in [-0.05, 0) is 50.5 Å². The van der Waals surface area contributed by atoms with E-state index >= 15 is 0 Å². The predicted octanol–water partition coefficient (Wildman–Crippen LogP) is 2.75. The van der Waals surface area contributed by atoms with E-state index in [0.717, 1.165) is 25.0 Å². The van der Waals surface area contributed by atoms with Crippen LogP contribution in [0.1, 0.15) is 48.2 Å². The first-order valence-electron chi connectivity index (χ1n) is 11.9. The van der Waals surface area contributed by atoms with Crippen LogP contribution in [0.5, 0.6) is 5.75 Å². The molecule has 37 heavy (non-hydrogen) atoms. The lowest BCUT2D eigenvalue weighted by molar-refractivity contribution is -0.108. The lowest BCUT2D eigenvalue weighted by Gasteiger charge is -2.33. The zero-order valence-corrected chi connectivity index (χ0v) is 21.2. The van der Waals surface area contributed by atoms with Crippen LogP contribution in [0.2, 0.25) is 0 Å². The molecule has 0 spiro atoms. The molecule has 1 heterocycles. The number of hydrogen-bond donors (Lipinski definition) is 4. The Balaban J connectivity index is 1.72. The van der Waals surface area contributed by atoms with E-state index < -0.39 is 22.9 Å². The summed E-state index contributed by atoms with van der Waals surface area (Å²) in [7, 11) is 1.49. The number of carbonyl (C=O) groups is 2. The van der Waals surface area contributed by atoms with Gasteiger partial charge >= 0.3 is 0 Å². The summed E-state index contributed by atoms with van der Waals surface area (Å²) in [6.45, 7) is 4.33. The molecule has 1 fully saturated rings. The van der Waals surface area contributed by atoms with E-state index in [1.54, 1.807) is 43.0 Å². The van der Waals surface area contributed by atoms with E-state index in [-0.39, 0.29) is 47.9 Å². The number of ketones is 1. The van der Waals surface area contributed by atoms with E-state index in [2.05, 4.69) is 0 Å². The zero-order chi connectivity index (χ0) is 27.3. The van der Waals surface area contributed by atoms with Gasteiger partial charge < -0.3 is 30.9 Å². The maximum Gasteiger partial charge on any atom is 0.254 e. The van der Waals surface area contributed by atoms with Crippen LogP contribution in [0.3, 0.4) is 0 Å². The van der Waals surface area contributed by atoms with Crippen molar-refractivity contribution in [3.8, 4) is 5.75 Å². The van der Waals surface area contributed by atoms with Gasteiger partial charge in [-0.15, -0.1) is 0 Å². The fraction of sp³-hybridized carbons (Fsp3) is 0.370. The molecule has 3 rings (SSSR count). The molecule has 0 bridgehead atoms. The monoisotopic (exact) mass is 512 g/mol. The van der Waals surface area contributed by atoms with Gasteiger partial charge in [0.05, 0.1) is 18.2 Å². The van der Waals surface area contributed by atoms with Gasteiger partial charge in [0.15, 0.2) is 11.6 Å².